The number of rotatable bonds is 6. The standard InChI is InChI=1S/C59H38N2/c1-4-19-41(20-5-1)58-60-54(43-32-31-39-17-10-11-21-42(39)37-43)38-55(61-58)50-36-35-49(47-27-14-15-28-48(47)50)51-29-16-30-53-56(51)52-34-33-40-18-12-13-26-46(40)57(52)59(53,44-22-6-2-7-23-44)45-24-8-3-9-25-45/h1-38H. The molecule has 11 aromatic rings. The number of hydrogen-bond donors (Lipinski definition) is 0. The largest absolute Gasteiger partial charge is 0.228 e. The molecule has 1 aromatic heterocycles. The summed E-state index contributed by atoms with van der Waals surface area (Å²) in [4.78, 5) is 10.5. The third kappa shape index (κ3) is 5.50. The summed E-state index contributed by atoms with van der Waals surface area (Å²) in [7, 11) is 0. The van der Waals surface area contributed by atoms with Gasteiger partial charge in [0.25, 0.3) is 0 Å². The number of benzene rings is 10. The minimum Gasteiger partial charge on any atom is -0.228 e. The zero-order valence-corrected chi connectivity index (χ0v) is 33.3. The minimum absolute atomic E-state index is 0.534. The van der Waals surface area contributed by atoms with Crippen LogP contribution in [0.5, 0.6) is 0 Å². The second-order valence-electron chi connectivity index (χ2n) is 16.0. The summed E-state index contributed by atoms with van der Waals surface area (Å²) >= 11 is 0. The van der Waals surface area contributed by atoms with Gasteiger partial charge in [-0.25, -0.2) is 9.97 Å². The third-order valence-electron chi connectivity index (χ3n) is 12.7. The molecule has 284 valence electrons. The number of hydrogen-bond acceptors (Lipinski definition) is 2. The molecule has 0 radical (unpaired) electrons. The number of nitrogens with zero attached hydrogens (tertiary/aromatic N) is 2. The normalized spacial score (nSPS) is 12.7. The van der Waals surface area contributed by atoms with E-state index < -0.39 is 5.41 Å². The Morgan fingerprint density at radius 1 is 0.311 bits per heavy atom. The van der Waals surface area contributed by atoms with Crippen LogP contribution in [-0.2, 0) is 5.41 Å². The van der Waals surface area contributed by atoms with Crippen LogP contribution >= 0.6 is 0 Å². The summed E-state index contributed by atoms with van der Waals surface area (Å²) in [6, 6.07) is 83.7. The molecular weight excluding hydrogens is 737 g/mol. The molecule has 1 aliphatic carbocycles. The average Bonchev–Trinajstić information content (AvgIpc) is 3.66. The minimum atomic E-state index is -0.534. The van der Waals surface area contributed by atoms with Crippen molar-refractivity contribution in [2.45, 2.75) is 5.41 Å². The average molecular weight is 775 g/mol. The molecule has 1 aliphatic rings. The van der Waals surface area contributed by atoms with E-state index in [2.05, 4.69) is 224 Å². The van der Waals surface area contributed by atoms with Gasteiger partial charge in [0, 0.05) is 16.7 Å². The van der Waals surface area contributed by atoms with Gasteiger partial charge in [0.1, 0.15) is 0 Å². The molecule has 2 nitrogen and oxygen atoms in total. The van der Waals surface area contributed by atoms with Crippen LogP contribution in [0.4, 0.5) is 0 Å². The SMILES string of the molecule is c1ccc(-c2nc(-c3ccc4ccccc4c3)cc(-c3ccc(-c4cccc5c4-c4ccc6ccccc6c4C5(c4ccccc4)c4ccccc4)c4ccccc34)n2)cc1. The molecule has 1 heterocycles. The van der Waals surface area contributed by atoms with Gasteiger partial charge in [0.05, 0.1) is 16.8 Å². The quantitative estimate of drug-likeness (QED) is 0.168. The lowest BCUT2D eigenvalue weighted by Gasteiger charge is -2.34. The Hall–Kier alpha value is -7.94. The Kier molecular flexibility index (Phi) is 8.11. The molecule has 0 unspecified atom stereocenters. The van der Waals surface area contributed by atoms with Gasteiger partial charge in [-0.15, -0.1) is 0 Å². The molecule has 10 aromatic carbocycles. The van der Waals surface area contributed by atoms with E-state index in [4.69, 9.17) is 9.97 Å². The first-order valence-corrected chi connectivity index (χ1v) is 21.0. The highest BCUT2D eigenvalue weighted by atomic mass is 14.9. The van der Waals surface area contributed by atoms with Crippen molar-refractivity contribution in [3.8, 4) is 56.2 Å². The van der Waals surface area contributed by atoms with Gasteiger partial charge in [0.2, 0.25) is 0 Å². The Bertz CT molecular complexity index is 3420. The van der Waals surface area contributed by atoms with Crippen molar-refractivity contribution in [3.05, 3.63) is 253 Å². The van der Waals surface area contributed by atoms with E-state index in [1.54, 1.807) is 0 Å². The fraction of sp³-hybridized carbons (Fsp3) is 0.0169. The van der Waals surface area contributed by atoms with E-state index in [0.717, 1.165) is 33.5 Å². The lowest BCUT2D eigenvalue weighted by molar-refractivity contribution is 0.775. The topological polar surface area (TPSA) is 25.8 Å². The molecular formula is C59H38N2. The van der Waals surface area contributed by atoms with Crippen molar-refractivity contribution in [2.75, 3.05) is 0 Å². The number of aromatic nitrogens is 2. The second-order valence-corrected chi connectivity index (χ2v) is 16.0. The third-order valence-corrected chi connectivity index (χ3v) is 12.7. The fourth-order valence-electron chi connectivity index (χ4n) is 10.1. The van der Waals surface area contributed by atoms with Crippen molar-refractivity contribution in [1.29, 1.82) is 0 Å². The van der Waals surface area contributed by atoms with Gasteiger partial charge >= 0.3 is 0 Å². The van der Waals surface area contributed by atoms with Gasteiger partial charge < -0.3 is 0 Å². The lowest BCUT2D eigenvalue weighted by Crippen LogP contribution is -2.28. The van der Waals surface area contributed by atoms with E-state index >= 15 is 0 Å². The van der Waals surface area contributed by atoms with Crippen LogP contribution in [0.15, 0.2) is 231 Å². The zero-order chi connectivity index (χ0) is 40.3. The molecule has 0 spiro atoms. The Morgan fingerprint density at radius 2 is 0.869 bits per heavy atom. The molecule has 2 heteroatoms. The molecule has 12 rings (SSSR count). The Labute approximate surface area is 355 Å². The van der Waals surface area contributed by atoms with Crippen LogP contribution in [0, 0.1) is 0 Å². The summed E-state index contributed by atoms with van der Waals surface area (Å²) in [5, 5.41) is 7.23. The van der Waals surface area contributed by atoms with Crippen LogP contribution in [0.3, 0.4) is 0 Å². The monoisotopic (exact) mass is 774 g/mol. The molecule has 0 amide bonds. The van der Waals surface area contributed by atoms with Crippen LogP contribution in [-0.4, -0.2) is 9.97 Å². The first-order valence-electron chi connectivity index (χ1n) is 21.0. The molecule has 0 fully saturated rings. The second kappa shape index (κ2) is 14.1. The van der Waals surface area contributed by atoms with E-state index in [9.17, 15) is 0 Å². The Morgan fingerprint density at radius 3 is 1.61 bits per heavy atom. The molecule has 0 bridgehead atoms. The maximum absolute atomic E-state index is 5.31. The van der Waals surface area contributed by atoms with Gasteiger partial charge in [0.15, 0.2) is 5.82 Å². The first kappa shape index (κ1) is 35.0. The van der Waals surface area contributed by atoms with Gasteiger partial charge in [-0.1, -0.05) is 218 Å². The van der Waals surface area contributed by atoms with Crippen molar-refractivity contribution in [3.63, 3.8) is 0 Å². The Balaban J connectivity index is 1.11. The van der Waals surface area contributed by atoms with E-state index in [0.29, 0.717) is 5.82 Å². The van der Waals surface area contributed by atoms with Crippen molar-refractivity contribution in [2.24, 2.45) is 0 Å². The van der Waals surface area contributed by atoms with Crippen molar-refractivity contribution < 1.29 is 0 Å². The highest BCUT2D eigenvalue weighted by molar-refractivity contribution is 6.10. The summed E-state index contributed by atoms with van der Waals surface area (Å²) in [5.74, 6) is 0.706. The predicted octanol–water partition coefficient (Wildman–Crippen LogP) is 15.0. The fourth-order valence-corrected chi connectivity index (χ4v) is 10.1. The molecule has 0 atom stereocenters. The maximum Gasteiger partial charge on any atom is 0.160 e. The predicted molar refractivity (Wildman–Crippen MR) is 254 cm³/mol. The number of fused-ring (bicyclic) bond motifs is 7. The first-order chi connectivity index (χ1) is 30.3. The lowest BCUT2D eigenvalue weighted by atomic mass is 9.66. The van der Waals surface area contributed by atoms with Crippen LogP contribution < -0.4 is 0 Å². The van der Waals surface area contributed by atoms with E-state index in [1.807, 2.05) is 6.07 Å². The summed E-state index contributed by atoms with van der Waals surface area (Å²) < 4.78 is 0. The zero-order valence-electron chi connectivity index (χ0n) is 33.3. The van der Waals surface area contributed by atoms with Crippen molar-refractivity contribution >= 4 is 32.3 Å². The smallest absolute Gasteiger partial charge is 0.160 e. The van der Waals surface area contributed by atoms with Gasteiger partial charge in [-0.3, -0.25) is 0 Å². The van der Waals surface area contributed by atoms with Crippen LogP contribution in [0.2, 0.25) is 0 Å². The van der Waals surface area contributed by atoms with E-state index in [-0.39, 0.29) is 0 Å². The van der Waals surface area contributed by atoms with Crippen LogP contribution in [0.25, 0.3) is 88.5 Å². The molecule has 0 saturated heterocycles. The summed E-state index contributed by atoms with van der Waals surface area (Å²) in [5.41, 5.74) is 14.5. The van der Waals surface area contributed by atoms with Gasteiger partial charge in [-0.05, 0) is 89.0 Å². The molecule has 0 N–H and O–H groups in total. The molecule has 61 heavy (non-hydrogen) atoms. The van der Waals surface area contributed by atoms with Gasteiger partial charge in [-0.2, -0.15) is 0 Å². The summed E-state index contributed by atoms with van der Waals surface area (Å²) in [6.07, 6.45) is 0. The summed E-state index contributed by atoms with van der Waals surface area (Å²) in [6.45, 7) is 0. The highest BCUT2D eigenvalue weighted by Crippen LogP contribution is 2.60. The molecule has 0 saturated carbocycles. The van der Waals surface area contributed by atoms with E-state index in [1.165, 1.54) is 71.4 Å². The van der Waals surface area contributed by atoms with Crippen LogP contribution in [0.1, 0.15) is 22.3 Å². The van der Waals surface area contributed by atoms with Crippen molar-refractivity contribution in [1.82, 2.24) is 9.97 Å². The highest BCUT2D eigenvalue weighted by Gasteiger charge is 2.48. The maximum atomic E-state index is 5.31. The molecule has 0 aliphatic heterocycles.